The van der Waals surface area contributed by atoms with E-state index in [1.165, 1.54) is 29.5 Å². The van der Waals surface area contributed by atoms with Crippen molar-refractivity contribution in [3.8, 4) is 0 Å². The minimum absolute atomic E-state index is 0.291. The van der Waals surface area contributed by atoms with Crippen LogP contribution in [0.3, 0.4) is 0 Å². The Bertz CT molecular complexity index is 583. The van der Waals surface area contributed by atoms with Crippen LogP contribution in [0.2, 0.25) is 0 Å². The fourth-order valence-electron chi connectivity index (χ4n) is 1.79. The molecule has 2 rings (SSSR count). The Hall–Kier alpha value is -2.01. The summed E-state index contributed by atoms with van der Waals surface area (Å²) in [7, 11) is 0. The molecule has 0 aliphatic heterocycles. The van der Waals surface area contributed by atoms with Crippen molar-refractivity contribution < 1.29 is 9.50 Å². The molecule has 0 saturated heterocycles. The molecular formula is C15H18FN3O. The maximum absolute atomic E-state index is 12.9. The topological polar surface area (TPSA) is 50.9 Å². The van der Waals surface area contributed by atoms with E-state index < -0.39 is 6.10 Å². The Morgan fingerprint density at radius 2 is 1.95 bits per heavy atom. The molecule has 0 fully saturated rings. The van der Waals surface area contributed by atoms with Gasteiger partial charge in [0.15, 0.2) is 0 Å². The van der Waals surface area contributed by atoms with E-state index in [4.69, 9.17) is 0 Å². The average Bonchev–Trinajstić information content (AvgIpc) is 2.90. The molecule has 0 amide bonds. The number of benzene rings is 1. The van der Waals surface area contributed by atoms with Gasteiger partial charge in [0.05, 0.1) is 5.70 Å². The second-order valence-corrected chi connectivity index (χ2v) is 5.73. The summed E-state index contributed by atoms with van der Waals surface area (Å²) in [6.07, 6.45) is 4.00. The molecule has 1 unspecified atom stereocenters. The van der Waals surface area contributed by atoms with Crippen LogP contribution in [0.25, 0.3) is 11.8 Å². The van der Waals surface area contributed by atoms with Crippen LogP contribution >= 0.6 is 0 Å². The van der Waals surface area contributed by atoms with Crippen molar-refractivity contribution in [3.05, 3.63) is 48.3 Å². The van der Waals surface area contributed by atoms with Gasteiger partial charge >= 0.3 is 0 Å². The smallest absolute Gasteiger partial charge is 0.138 e. The molecule has 1 atom stereocenters. The lowest BCUT2D eigenvalue weighted by molar-refractivity contribution is 0.109. The molecule has 1 heterocycles. The van der Waals surface area contributed by atoms with Crippen LogP contribution < -0.4 is 0 Å². The van der Waals surface area contributed by atoms with Gasteiger partial charge in [-0.15, -0.1) is 0 Å². The fourth-order valence-corrected chi connectivity index (χ4v) is 1.79. The Balaban J connectivity index is 2.44. The van der Waals surface area contributed by atoms with Gasteiger partial charge in [-0.3, -0.25) is 0 Å². The first kappa shape index (κ1) is 14.4. The van der Waals surface area contributed by atoms with Crippen LogP contribution in [0.15, 0.2) is 36.9 Å². The zero-order chi connectivity index (χ0) is 14.8. The van der Waals surface area contributed by atoms with Gasteiger partial charge in [-0.25, -0.2) is 14.1 Å². The van der Waals surface area contributed by atoms with Gasteiger partial charge in [-0.2, -0.15) is 5.10 Å². The summed E-state index contributed by atoms with van der Waals surface area (Å²) in [6.45, 7) is 5.81. The van der Waals surface area contributed by atoms with Crippen LogP contribution in [-0.4, -0.2) is 26.0 Å². The maximum Gasteiger partial charge on any atom is 0.138 e. The molecule has 20 heavy (non-hydrogen) atoms. The van der Waals surface area contributed by atoms with E-state index in [0.29, 0.717) is 5.70 Å². The van der Waals surface area contributed by atoms with Gasteiger partial charge in [0.25, 0.3) is 0 Å². The van der Waals surface area contributed by atoms with Crippen LogP contribution in [0.5, 0.6) is 0 Å². The first-order valence-corrected chi connectivity index (χ1v) is 6.38. The molecule has 1 N–H and O–H groups in total. The molecular weight excluding hydrogens is 257 g/mol. The minimum atomic E-state index is -0.728. The molecule has 2 aromatic rings. The summed E-state index contributed by atoms with van der Waals surface area (Å²) in [5.74, 6) is -0.291. The van der Waals surface area contributed by atoms with Gasteiger partial charge < -0.3 is 5.11 Å². The van der Waals surface area contributed by atoms with Gasteiger partial charge in [0.2, 0.25) is 0 Å². The minimum Gasteiger partial charge on any atom is -0.386 e. The quantitative estimate of drug-likeness (QED) is 0.937. The highest BCUT2D eigenvalue weighted by atomic mass is 19.1. The Kier molecular flexibility index (Phi) is 3.99. The molecule has 0 saturated carbocycles. The number of hydrogen-bond donors (Lipinski definition) is 1. The van der Waals surface area contributed by atoms with Crippen LogP contribution in [0.1, 0.15) is 26.3 Å². The van der Waals surface area contributed by atoms with Crippen LogP contribution in [0.4, 0.5) is 4.39 Å². The fraction of sp³-hybridized carbons (Fsp3) is 0.333. The van der Waals surface area contributed by atoms with E-state index in [0.717, 1.165) is 5.56 Å². The number of aliphatic hydroxyl groups is 1. The summed E-state index contributed by atoms with van der Waals surface area (Å²) in [6, 6.07) is 6.08. The van der Waals surface area contributed by atoms with Crippen molar-refractivity contribution in [2.75, 3.05) is 0 Å². The van der Waals surface area contributed by atoms with Gasteiger partial charge in [0.1, 0.15) is 24.6 Å². The molecule has 0 bridgehead atoms. The highest BCUT2D eigenvalue weighted by molar-refractivity contribution is 5.72. The molecule has 106 valence electrons. The third-order valence-corrected chi connectivity index (χ3v) is 2.97. The summed E-state index contributed by atoms with van der Waals surface area (Å²) in [5, 5.41) is 14.6. The molecule has 0 aliphatic carbocycles. The first-order chi connectivity index (χ1) is 9.38. The maximum atomic E-state index is 12.9. The van der Waals surface area contributed by atoms with Gasteiger partial charge in [-0.1, -0.05) is 32.9 Å². The number of halogens is 1. The van der Waals surface area contributed by atoms with E-state index in [1.807, 2.05) is 20.8 Å². The van der Waals surface area contributed by atoms with Gasteiger partial charge in [-0.05, 0) is 29.2 Å². The van der Waals surface area contributed by atoms with E-state index in [9.17, 15) is 9.50 Å². The largest absolute Gasteiger partial charge is 0.386 e. The predicted octanol–water partition coefficient (Wildman–Crippen LogP) is 2.82. The Labute approximate surface area is 117 Å². The van der Waals surface area contributed by atoms with Crippen molar-refractivity contribution in [1.82, 2.24) is 14.8 Å². The summed E-state index contributed by atoms with van der Waals surface area (Å²) in [4.78, 5) is 3.90. The molecule has 0 radical (unpaired) electrons. The van der Waals surface area contributed by atoms with Crippen LogP contribution in [-0.2, 0) is 0 Å². The molecule has 0 spiro atoms. The molecule has 1 aromatic heterocycles. The van der Waals surface area contributed by atoms with Crippen molar-refractivity contribution in [3.63, 3.8) is 0 Å². The summed E-state index contributed by atoms with van der Waals surface area (Å²) < 4.78 is 14.5. The summed E-state index contributed by atoms with van der Waals surface area (Å²) in [5.41, 5.74) is 1.04. The highest BCUT2D eigenvalue weighted by Gasteiger charge is 2.27. The first-order valence-electron chi connectivity index (χ1n) is 6.38. The standard InChI is InChI=1S/C15H18FN3O/c1-15(2,3)14(20)13(19-10-17-9-18-19)8-11-4-6-12(16)7-5-11/h4-10,14,20H,1-3H3/b13-8-. The third-order valence-electron chi connectivity index (χ3n) is 2.97. The lowest BCUT2D eigenvalue weighted by Crippen LogP contribution is -2.29. The van der Waals surface area contributed by atoms with Crippen molar-refractivity contribution >= 4 is 11.8 Å². The molecule has 1 aromatic carbocycles. The Morgan fingerprint density at radius 3 is 2.45 bits per heavy atom. The van der Waals surface area contributed by atoms with E-state index in [1.54, 1.807) is 18.2 Å². The van der Waals surface area contributed by atoms with Crippen LogP contribution in [0, 0.1) is 11.2 Å². The zero-order valence-electron chi connectivity index (χ0n) is 11.8. The van der Waals surface area contributed by atoms with E-state index >= 15 is 0 Å². The normalized spacial score (nSPS) is 14.3. The molecule has 4 nitrogen and oxygen atoms in total. The molecule has 5 heteroatoms. The molecule has 0 aliphatic rings. The zero-order valence-corrected chi connectivity index (χ0v) is 11.8. The lowest BCUT2D eigenvalue weighted by Gasteiger charge is -2.27. The number of aliphatic hydroxyl groups excluding tert-OH is 1. The van der Waals surface area contributed by atoms with E-state index in [-0.39, 0.29) is 11.2 Å². The monoisotopic (exact) mass is 275 g/mol. The third kappa shape index (κ3) is 3.30. The number of nitrogens with zero attached hydrogens (tertiary/aromatic N) is 3. The van der Waals surface area contributed by atoms with E-state index in [2.05, 4.69) is 10.1 Å². The number of hydrogen-bond acceptors (Lipinski definition) is 3. The second-order valence-electron chi connectivity index (χ2n) is 5.73. The average molecular weight is 275 g/mol. The summed E-state index contributed by atoms with van der Waals surface area (Å²) >= 11 is 0. The SMILES string of the molecule is CC(C)(C)C(O)/C(=C/c1ccc(F)cc1)n1cncn1. The Morgan fingerprint density at radius 1 is 1.30 bits per heavy atom. The predicted molar refractivity (Wildman–Crippen MR) is 76.1 cm³/mol. The number of aromatic nitrogens is 3. The lowest BCUT2D eigenvalue weighted by atomic mass is 9.86. The second kappa shape index (κ2) is 5.54. The van der Waals surface area contributed by atoms with Crippen molar-refractivity contribution in [1.29, 1.82) is 0 Å². The highest BCUT2D eigenvalue weighted by Crippen LogP contribution is 2.28. The van der Waals surface area contributed by atoms with Crippen molar-refractivity contribution in [2.45, 2.75) is 26.9 Å². The van der Waals surface area contributed by atoms with Crippen molar-refractivity contribution in [2.24, 2.45) is 5.41 Å². The number of rotatable bonds is 3. The van der Waals surface area contributed by atoms with Gasteiger partial charge in [0, 0.05) is 0 Å².